The summed E-state index contributed by atoms with van der Waals surface area (Å²) < 4.78 is 39.7. The van der Waals surface area contributed by atoms with Crippen molar-refractivity contribution in [3.05, 3.63) is 87.6 Å². The number of halogens is 4. The molecule has 8 heteroatoms. The maximum absolute atomic E-state index is 13.2. The molecule has 0 aliphatic carbocycles. The lowest BCUT2D eigenvalue weighted by Gasteiger charge is -2.16. The Balaban J connectivity index is 1.85. The van der Waals surface area contributed by atoms with Gasteiger partial charge in [0.1, 0.15) is 5.69 Å². The highest BCUT2D eigenvalue weighted by Crippen LogP contribution is 2.31. The van der Waals surface area contributed by atoms with Crippen molar-refractivity contribution in [2.24, 2.45) is 5.73 Å². The molecule has 0 saturated heterocycles. The van der Waals surface area contributed by atoms with Crippen molar-refractivity contribution in [1.29, 1.82) is 0 Å². The molecule has 0 spiro atoms. The summed E-state index contributed by atoms with van der Waals surface area (Å²) in [6, 6.07) is 14.6. The van der Waals surface area contributed by atoms with E-state index in [9.17, 15) is 18.0 Å². The van der Waals surface area contributed by atoms with Crippen molar-refractivity contribution >= 4 is 17.5 Å². The lowest BCUT2D eigenvalue weighted by atomic mass is 9.98. The Morgan fingerprint density at radius 1 is 1.12 bits per heavy atom. The normalized spacial score (nSPS) is 12.5. The molecule has 0 bridgehead atoms. The van der Waals surface area contributed by atoms with Gasteiger partial charge in [0.05, 0.1) is 11.6 Å². The van der Waals surface area contributed by atoms with Gasteiger partial charge in [0.2, 0.25) is 5.91 Å². The standard InChI is InChI=1S/C24H23ClF3N3O/c1-14-4-3-5-17(10-14)22-19(8-9-21(31-22)24(26,27)28)13-30-23(32)15(2)16-6-7-18(12-29)20(25)11-16/h3-11,15H,12-13,29H2,1-2H3,(H,30,32). The third-order valence-electron chi connectivity index (χ3n) is 5.20. The number of aromatic nitrogens is 1. The number of carbonyl (C=O) groups is 1. The smallest absolute Gasteiger partial charge is 0.351 e. The lowest BCUT2D eigenvalue weighted by molar-refractivity contribution is -0.141. The van der Waals surface area contributed by atoms with Crippen molar-refractivity contribution in [3.63, 3.8) is 0 Å². The summed E-state index contributed by atoms with van der Waals surface area (Å²) in [5.74, 6) is -0.791. The van der Waals surface area contributed by atoms with Crippen LogP contribution in [0.5, 0.6) is 0 Å². The van der Waals surface area contributed by atoms with E-state index in [1.807, 2.05) is 13.0 Å². The van der Waals surface area contributed by atoms with E-state index < -0.39 is 17.8 Å². The number of nitrogens with zero attached hydrogens (tertiary/aromatic N) is 1. The fraction of sp³-hybridized carbons (Fsp3) is 0.250. The minimum Gasteiger partial charge on any atom is -0.351 e. The predicted molar refractivity (Wildman–Crippen MR) is 119 cm³/mol. The fourth-order valence-electron chi connectivity index (χ4n) is 3.32. The first-order valence-electron chi connectivity index (χ1n) is 10.0. The van der Waals surface area contributed by atoms with Gasteiger partial charge in [-0.1, -0.05) is 53.6 Å². The highest BCUT2D eigenvalue weighted by molar-refractivity contribution is 6.31. The SMILES string of the molecule is Cc1cccc(-c2nc(C(F)(F)F)ccc2CNC(=O)C(C)c2ccc(CN)c(Cl)c2)c1. The largest absolute Gasteiger partial charge is 0.433 e. The van der Waals surface area contributed by atoms with Crippen LogP contribution < -0.4 is 11.1 Å². The maximum Gasteiger partial charge on any atom is 0.433 e. The average Bonchev–Trinajstić information content (AvgIpc) is 2.76. The second-order valence-electron chi connectivity index (χ2n) is 7.57. The second-order valence-corrected chi connectivity index (χ2v) is 7.97. The zero-order valence-corrected chi connectivity index (χ0v) is 18.4. The van der Waals surface area contributed by atoms with Gasteiger partial charge >= 0.3 is 6.18 Å². The first kappa shape index (κ1) is 23.8. The molecule has 2 aromatic carbocycles. The number of aryl methyl sites for hydroxylation is 1. The van der Waals surface area contributed by atoms with Crippen LogP contribution >= 0.6 is 11.6 Å². The van der Waals surface area contributed by atoms with Crippen molar-refractivity contribution in [3.8, 4) is 11.3 Å². The summed E-state index contributed by atoms with van der Waals surface area (Å²) >= 11 is 6.19. The van der Waals surface area contributed by atoms with Gasteiger partial charge in [0.15, 0.2) is 0 Å². The van der Waals surface area contributed by atoms with Crippen LogP contribution in [0.2, 0.25) is 5.02 Å². The van der Waals surface area contributed by atoms with E-state index in [2.05, 4.69) is 10.3 Å². The average molecular weight is 462 g/mol. The summed E-state index contributed by atoms with van der Waals surface area (Å²) in [7, 11) is 0. The molecule has 4 nitrogen and oxygen atoms in total. The van der Waals surface area contributed by atoms with Crippen molar-refractivity contribution in [2.45, 2.75) is 39.0 Å². The van der Waals surface area contributed by atoms with E-state index in [4.69, 9.17) is 17.3 Å². The first-order valence-corrected chi connectivity index (χ1v) is 10.4. The summed E-state index contributed by atoms with van der Waals surface area (Å²) in [6.07, 6.45) is -4.57. The van der Waals surface area contributed by atoms with Crippen LogP contribution in [0.4, 0.5) is 13.2 Å². The predicted octanol–water partition coefficient (Wildman–Crippen LogP) is 5.61. The van der Waals surface area contributed by atoms with Gasteiger partial charge in [0, 0.05) is 23.7 Å². The molecular formula is C24H23ClF3N3O. The molecule has 3 N–H and O–H groups in total. The number of carbonyl (C=O) groups excluding carboxylic acids is 1. The Morgan fingerprint density at radius 3 is 2.47 bits per heavy atom. The van der Waals surface area contributed by atoms with Crippen molar-refractivity contribution < 1.29 is 18.0 Å². The van der Waals surface area contributed by atoms with Gasteiger partial charge < -0.3 is 11.1 Å². The Hall–Kier alpha value is -2.90. The van der Waals surface area contributed by atoms with E-state index >= 15 is 0 Å². The van der Waals surface area contributed by atoms with Gasteiger partial charge in [-0.3, -0.25) is 4.79 Å². The van der Waals surface area contributed by atoms with E-state index in [1.54, 1.807) is 43.3 Å². The van der Waals surface area contributed by atoms with Crippen LogP contribution in [0, 0.1) is 6.92 Å². The van der Waals surface area contributed by atoms with Gasteiger partial charge in [-0.25, -0.2) is 4.98 Å². The van der Waals surface area contributed by atoms with Gasteiger partial charge in [-0.2, -0.15) is 13.2 Å². The number of nitrogens with one attached hydrogen (secondary N) is 1. The Kier molecular flexibility index (Phi) is 7.21. The van der Waals surface area contributed by atoms with Crippen LogP contribution in [0.1, 0.15) is 40.8 Å². The highest BCUT2D eigenvalue weighted by atomic mass is 35.5. The lowest BCUT2D eigenvalue weighted by Crippen LogP contribution is -2.28. The Labute approximate surface area is 189 Å². The molecule has 0 fully saturated rings. The number of nitrogens with two attached hydrogens (primary N) is 1. The van der Waals surface area contributed by atoms with Crippen LogP contribution in [0.25, 0.3) is 11.3 Å². The number of rotatable bonds is 6. The molecule has 1 heterocycles. The molecule has 1 unspecified atom stereocenters. The maximum atomic E-state index is 13.2. The molecule has 0 radical (unpaired) electrons. The van der Waals surface area contributed by atoms with Crippen molar-refractivity contribution in [2.75, 3.05) is 0 Å². The zero-order chi connectivity index (χ0) is 23.5. The molecule has 168 valence electrons. The minimum absolute atomic E-state index is 0.0339. The minimum atomic E-state index is -4.57. The number of benzene rings is 2. The summed E-state index contributed by atoms with van der Waals surface area (Å²) in [5, 5.41) is 3.28. The molecule has 0 aliphatic rings. The molecule has 3 rings (SSSR count). The molecule has 3 aromatic rings. The molecule has 1 amide bonds. The van der Waals surface area contributed by atoms with E-state index in [1.165, 1.54) is 6.07 Å². The quantitative estimate of drug-likeness (QED) is 0.501. The van der Waals surface area contributed by atoms with Crippen LogP contribution in [0.3, 0.4) is 0 Å². The molecule has 0 aliphatic heterocycles. The molecule has 32 heavy (non-hydrogen) atoms. The van der Waals surface area contributed by atoms with E-state index in [0.29, 0.717) is 28.3 Å². The van der Waals surface area contributed by atoms with Crippen LogP contribution in [0.15, 0.2) is 54.6 Å². The summed E-state index contributed by atoms with van der Waals surface area (Å²) in [4.78, 5) is 16.6. The van der Waals surface area contributed by atoms with Gasteiger partial charge in [0.25, 0.3) is 0 Å². The highest BCUT2D eigenvalue weighted by Gasteiger charge is 2.33. The second kappa shape index (κ2) is 9.71. The van der Waals surface area contributed by atoms with E-state index in [-0.39, 0.29) is 18.1 Å². The first-order chi connectivity index (χ1) is 15.1. The number of alkyl halides is 3. The van der Waals surface area contributed by atoms with E-state index in [0.717, 1.165) is 17.2 Å². The molecular weight excluding hydrogens is 439 g/mol. The summed E-state index contributed by atoms with van der Waals surface area (Å²) in [6.45, 7) is 3.91. The number of pyridine rings is 1. The molecule has 1 atom stereocenters. The van der Waals surface area contributed by atoms with Crippen LogP contribution in [-0.2, 0) is 24.1 Å². The third-order valence-corrected chi connectivity index (χ3v) is 5.56. The zero-order valence-electron chi connectivity index (χ0n) is 17.6. The molecule has 1 aromatic heterocycles. The number of hydrogen-bond donors (Lipinski definition) is 2. The van der Waals surface area contributed by atoms with Gasteiger partial charge in [-0.05, 0) is 48.7 Å². The number of hydrogen-bond acceptors (Lipinski definition) is 3. The topological polar surface area (TPSA) is 68.0 Å². The molecule has 0 saturated carbocycles. The van der Waals surface area contributed by atoms with Crippen molar-refractivity contribution in [1.82, 2.24) is 10.3 Å². The van der Waals surface area contributed by atoms with Crippen LogP contribution in [-0.4, -0.2) is 10.9 Å². The monoisotopic (exact) mass is 461 g/mol. The third kappa shape index (κ3) is 5.47. The Bertz CT molecular complexity index is 1130. The Morgan fingerprint density at radius 2 is 1.84 bits per heavy atom. The fourth-order valence-corrected chi connectivity index (χ4v) is 3.58. The number of amides is 1. The summed E-state index contributed by atoms with van der Waals surface area (Å²) in [5.41, 5.74) is 8.25. The van der Waals surface area contributed by atoms with Gasteiger partial charge in [-0.15, -0.1) is 0 Å².